The number of carbonyl (C=O) groups is 1. The minimum Gasteiger partial charge on any atom is -0.464 e. The van der Waals surface area contributed by atoms with Crippen molar-refractivity contribution in [1.29, 1.82) is 0 Å². The van der Waals surface area contributed by atoms with Crippen molar-refractivity contribution < 1.29 is 19.0 Å². The molecule has 70 valence electrons. The van der Waals surface area contributed by atoms with Crippen molar-refractivity contribution in [3.05, 3.63) is 0 Å². The highest BCUT2D eigenvalue weighted by molar-refractivity contribution is 5.75. The first-order valence-electron chi connectivity index (χ1n) is 4.03. The standard InChI is InChI=1S/C8H14O4/c1-4-10-7(9)6-5-11-8(2,3)12-6/h6H,4-5H2,1-3H3/t6-/m0/s1. The van der Waals surface area contributed by atoms with Crippen LogP contribution in [-0.4, -0.2) is 31.1 Å². The van der Waals surface area contributed by atoms with Crippen LogP contribution in [0.3, 0.4) is 0 Å². The Kier molecular flexibility index (Phi) is 2.69. The molecular formula is C8H14O4. The van der Waals surface area contributed by atoms with Crippen LogP contribution in [0.1, 0.15) is 20.8 Å². The van der Waals surface area contributed by atoms with Gasteiger partial charge in [0, 0.05) is 0 Å². The molecule has 1 heterocycles. The number of hydrogen-bond donors (Lipinski definition) is 0. The minimum atomic E-state index is -0.655. The van der Waals surface area contributed by atoms with E-state index in [1.807, 2.05) is 0 Å². The maximum absolute atomic E-state index is 11.1. The molecule has 0 aromatic rings. The van der Waals surface area contributed by atoms with Crippen LogP contribution in [0.5, 0.6) is 0 Å². The fourth-order valence-corrected chi connectivity index (χ4v) is 1.04. The van der Waals surface area contributed by atoms with Crippen molar-refractivity contribution in [2.45, 2.75) is 32.7 Å². The Balaban J connectivity index is 2.41. The van der Waals surface area contributed by atoms with Gasteiger partial charge in [0.15, 0.2) is 11.9 Å². The van der Waals surface area contributed by atoms with E-state index in [-0.39, 0.29) is 12.6 Å². The summed E-state index contributed by atoms with van der Waals surface area (Å²) in [5, 5.41) is 0. The molecule has 0 unspecified atom stereocenters. The van der Waals surface area contributed by atoms with Crippen LogP contribution < -0.4 is 0 Å². The molecule has 4 nitrogen and oxygen atoms in total. The molecule has 0 spiro atoms. The summed E-state index contributed by atoms with van der Waals surface area (Å²) in [6.07, 6.45) is -0.556. The Labute approximate surface area is 71.8 Å². The minimum absolute atomic E-state index is 0.284. The monoisotopic (exact) mass is 174 g/mol. The lowest BCUT2D eigenvalue weighted by molar-refractivity contribution is -0.169. The number of hydrogen-bond acceptors (Lipinski definition) is 4. The Bertz CT molecular complexity index is 176. The highest BCUT2D eigenvalue weighted by Crippen LogP contribution is 2.22. The smallest absolute Gasteiger partial charge is 0.337 e. The molecule has 0 aliphatic carbocycles. The largest absolute Gasteiger partial charge is 0.464 e. The van der Waals surface area contributed by atoms with E-state index in [1.54, 1.807) is 20.8 Å². The third-order valence-corrected chi connectivity index (χ3v) is 1.56. The molecule has 1 fully saturated rings. The summed E-state index contributed by atoms with van der Waals surface area (Å²) in [6, 6.07) is 0. The van der Waals surface area contributed by atoms with Crippen LogP contribution in [-0.2, 0) is 19.0 Å². The first kappa shape index (κ1) is 9.48. The van der Waals surface area contributed by atoms with Crippen LogP contribution in [0, 0.1) is 0 Å². The van der Waals surface area contributed by atoms with Crippen molar-refractivity contribution >= 4 is 5.97 Å². The second-order valence-corrected chi connectivity index (χ2v) is 3.07. The zero-order valence-corrected chi connectivity index (χ0v) is 7.62. The molecule has 0 bridgehead atoms. The lowest BCUT2D eigenvalue weighted by atomic mass is 10.4. The van der Waals surface area contributed by atoms with Crippen LogP contribution in [0.4, 0.5) is 0 Å². The van der Waals surface area contributed by atoms with E-state index in [2.05, 4.69) is 0 Å². The highest BCUT2D eigenvalue weighted by Gasteiger charge is 2.37. The third kappa shape index (κ3) is 2.19. The predicted octanol–water partition coefficient (Wildman–Crippen LogP) is 0.701. The molecule has 4 heteroatoms. The summed E-state index contributed by atoms with van der Waals surface area (Å²) in [5.41, 5.74) is 0. The summed E-state index contributed by atoms with van der Waals surface area (Å²) in [5.74, 6) is -1.000. The average Bonchev–Trinajstić information content (AvgIpc) is 2.31. The van der Waals surface area contributed by atoms with Crippen LogP contribution >= 0.6 is 0 Å². The normalized spacial score (nSPS) is 27.1. The molecular weight excluding hydrogens is 160 g/mol. The number of carbonyl (C=O) groups excluding carboxylic acids is 1. The Hall–Kier alpha value is -0.610. The SMILES string of the molecule is CCOC(=O)[C@@H]1COC(C)(C)O1. The fourth-order valence-electron chi connectivity index (χ4n) is 1.04. The van der Waals surface area contributed by atoms with E-state index >= 15 is 0 Å². The van der Waals surface area contributed by atoms with Gasteiger partial charge in [-0.05, 0) is 20.8 Å². The summed E-state index contributed by atoms with van der Waals surface area (Å²) >= 11 is 0. The predicted molar refractivity (Wildman–Crippen MR) is 41.5 cm³/mol. The van der Waals surface area contributed by atoms with Gasteiger partial charge in [-0.2, -0.15) is 0 Å². The molecule has 0 aromatic heterocycles. The van der Waals surface area contributed by atoms with E-state index in [0.717, 1.165) is 0 Å². The molecule has 0 radical (unpaired) electrons. The van der Waals surface area contributed by atoms with Crippen molar-refractivity contribution in [2.75, 3.05) is 13.2 Å². The van der Waals surface area contributed by atoms with Gasteiger partial charge in [-0.25, -0.2) is 4.79 Å². The van der Waals surface area contributed by atoms with E-state index in [9.17, 15) is 4.79 Å². The molecule has 0 aromatic carbocycles. The van der Waals surface area contributed by atoms with Gasteiger partial charge in [-0.1, -0.05) is 0 Å². The molecule has 1 aliphatic heterocycles. The van der Waals surface area contributed by atoms with Gasteiger partial charge < -0.3 is 14.2 Å². The van der Waals surface area contributed by atoms with Crippen molar-refractivity contribution in [1.82, 2.24) is 0 Å². The molecule has 1 aliphatic rings. The van der Waals surface area contributed by atoms with Gasteiger partial charge in [0.2, 0.25) is 0 Å². The first-order chi connectivity index (χ1) is 5.55. The zero-order valence-electron chi connectivity index (χ0n) is 7.62. The van der Waals surface area contributed by atoms with Gasteiger partial charge in [-0.15, -0.1) is 0 Å². The molecule has 0 N–H and O–H groups in total. The van der Waals surface area contributed by atoms with Crippen LogP contribution in [0.15, 0.2) is 0 Å². The van der Waals surface area contributed by atoms with Crippen molar-refractivity contribution in [2.24, 2.45) is 0 Å². The molecule has 1 atom stereocenters. The van der Waals surface area contributed by atoms with Crippen molar-refractivity contribution in [3.63, 3.8) is 0 Å². The molecule has 0 amide bonds. The molecule has 1 saturated heterocycles. The van der Waals surface area contributed by atoms with Gasteiger partial charge in [-0.3, -0.25) is 0 Å². The zero-order chi connectivity index (χ0) is 9.19. The van der Waals surface area contributed by atoms with Gasteiger partial charge >= 0.3 is 5.97 Å². The second-order valence-electron chi connectivity index (χ2n) is 3.07. The average molecular weight is 174 g/mol. The maximum Gasteiger partial charge on any atom is 0.337 e. The van der Waals surface area contributed by atoms with Crippen LogP contribution in [0.25, 0.3) is 0 Å². The summed E-state index contributed by atoms with van der Waals surface area (Å²) in [4.78, 5) is 11.1. The molecule has 0 saturated carbocycles. The Morgan fingerprint density at radius 3 is 2.75 bits per heavy atom. The number of rotatable bonds is 2. The van der Waals surface area contributed by atoms with E-state index in [0.29, 0.717) is 6.61 Å². The van der Waals surface area contributed by atoms with Gasteiger partial charge in [0.25, 0.3) is 0 Å². The summed E-state index contributed by atoms with van der Waals surface area (Å²) in [6.45, 7) is 5.96. The van der Waals surface area contributed by atoms with E-state index in [4.69, 9.17) is 14.2 Å². The Morgan fingerprint density at radius 2 is 2.33 bits per heavy atom. The molecule has 1 rings (SSSR count). The van der Waals surface area contributed by atoms with E-state index < -0.39 is 11.9 Å². The topological polar surface area (TPSA) is 44.8 Å². The van der Waals surface area contributed by atoms with Gasteiger partial charge in [0.05, 0.1) is 13.2 Å². The second kappa shape index (κ2) is 3.41. The summed E-state index contributed by atoms with van der Waals surface area (Å²) < 4.78 is 15.2. The number of esters is 1. The summed E-state index contributed by atoms with van der Waals surface area (Å²) in [7, 11) is 0. The van der Waals surface area contributed by atoms with Gasteiger partial charge in [0.1, 0.15) is 0 Å². The Morgan fingerprint density at radius 1 is 1.67 bits per heavy atom. The lowest BCUT2D eigenvalue weighted by Crippen LogP contribution is -2.28. The maximum atomic E-state index is 11.1. The van der Waals surface area contributed by atoms with Crippen molar-refractivity contribution in [3.8, 4) is 0 Å². The van der Waals surface area contributed by atoms with E-state index in [1.165, 1.54) is 0 Å². The fraction of sp³-hybridized carbons (Fsp3) is 0.875. The highest BCUT2D eigenvalue weighted by atomic mass is 16.8. The third-order valence-electron chi connectivity index (χ3n) is 1.56. The molecule has 12 heavy (non-hydrogen) atoms. The lowest BCUT2D eigenvalue weighted by Gasteiger charge is -2.16. The van der Waals surface area contributed by atoms with Crippen LogP contribution in [0.2, 0.25) is 0 Å². The first-order valence-corrected chi connectivity index (χ1v) is 4.03. The quantitative estimate of drug-likeness (QED) is 0.578. The number of ether oxygens (including phenoxy) is 3.